The van der Waals surface area contributed by atoms with Crippen molar-refractivity contribution in [3.8, 4) is 0 Å². The van der Waals surface area contributed by atoms with Gasteiger partial charge < -0.3 is 19.9 Å². The molecule has 0 aliphatic rings. The summed E-state index contributed by atoms with van der Waals surface area (Å²) in [4.78, 5) is 0. The Morgan fingerprint density at radius 3 is 2.44 bits per heavy atom. The standard InChI is InChI=1S/C12H27NO3/c1-4-13-12(2,11-14)7-5-9-16-10-6-8-15-3/h13-14H,4-11H2,1-3H3. The number of ether oxygens (including phenoxy) is 2. The number of hydrogen-bond donors (Lipinski definition) is 2. The van der Waals surface area contributed by atoms with Gasteiger partial charge in [0.25, 0.3) is 0 Å². The molecule has 0 amide bonds. The topological polar surface area (TPSA) is 50.7 Å². The highest BCUT2D eigenvalue weighted by Crippen LogP contribution is 2.11. The minimum atomic E-state index is -0.162. The lowest BCUT2D eigenvalue weighted by Crippen LogP contribution is -2.45. The van der Waals surface area contributed by atoms with E-state index in [1.54, 1.807) is 7.11 Å². The Kier molecular flexibility index (Phi) is 9.92. The highest BCUT2D eigenvalue weighted by molar-refractivity contribution is 4.81. The van der Waals surface area contributed by atoms with E-state index in [2.05, 4.69) is 12.2 Å². The Labute approximate surface area is 99.3 Å². The maximum absolute atomic E-state index is 9.27. The van der Waals surface area contributed by atoms with E-state index in [4.69, 9.17) is 9.47 Å². The number of nitrogens with one attached hydrogen (secondary N) is 1. The lowest BCUT2D eigenvalue weighted by molar-refractivity contribution is 0.0904. The van der Waals surface area contributed by atoms with E-state index in [0.29, 0.717) is 0 Å². The summed E-state index contributed by atoms with van der Waals surface area (Å²) in [6.07, 6.45) is 2.85. The van der Waals surface area contributed by atoms with E-state index < -0.39 is 0 Å². The van der Waals surface area contributed by atoms with Crippen molar-refractivity contribution in [1.29, 1.82) is 0 Å². The van der Waals surface area contributed by atoms with Crippen LogP contribution in [0.25, 0.3) is 0 Å². The zero-order chi connectivity index (χ0) is 12.3. The molecule has 0 aromatic heterocycles. The van der Waals surface area contributed by atoms with Gasteiger partial charge >= 0.3 is 0 Å². The van der Waals surface area contributed by atoms with Gasteiger partial charge in [0.05, 0.1) is 6.61 Å². The second-order valence-corrected chi connectivity index (χ2v) is 4.31. The average molecular weight is 233 g/mol. The first-order valence-corrected chi connectivity index (χ1v) is 6.11. The largest absolute Gasteiger partial charge is 0.394 e. The molecule has 0 aliphatic heterocycles. The van der Waals surface area contributed by atoms with E-state index in [1.807, 2.05) is 6.92 Å². The molecule has 0 fully saturated rings. The Morgan fingerprint density at radius 2 is 1.88 bits per heavy atom. The van der Waals surface area contributed by atoms with Crippen molar-refractivity contribution in [3.63, 3.8) is 0 Å². The summed E-state index contributed by atoms with van der Waals surface area (Å²) in [5.41, 5.74) is -0.162. The van der Waals surface area contributed by atoms with Crippen LogP contribution >= 0.6 is 0 Å². The van der Waals surface area contributed by atoms with E-state index >= 15 is 0 Å². The third kappa shape index (κ3) is 8.05. The predicted octanol–water partition coefficient (Wildman–Crippen LogP) is 1.18. The van der Waals surface area contributed by atoms with Crippen molar-refractivity contribution in [2.45, 2.75) is 38.6 Å². The van der Waals surface area contributed by atoms with Gasteiger partial charge in [-0.15, -0.1) is 0 Å². The van der Waals surface area contributed by atoms with Gasteiger partial charge in [-0.2, -0.15) is 0 Å². The minimum absolute atomic E-state index is 0.162. The maximum Gasteiger partial charge on any atom is 0.0610 e. The zero-order valence-corrected chi connectivity index (χ0v) is 10.9. The van der Waals surface area contributed by atoms with Crippen molar-refractivity contribution >= 4 is 0 Å². The Hall–Kier alpha value is -0.160. The molecule has 0 rings (SSSR count). The second-order valence-electron chi connectivity index (χ2n) is 4.31. The number of hydrogen-bond acceptors (Lipinski definition) is 4. The van der Waals surface area contributed by atoms with Gasteiger partial charge in [0.2, 0.25) is 0 Å². The molecule has 1 atom stereocenters. The fraction of sp³-hybridized carbons (Fsp3) is 1.00. The van der Waals surface area contributed by atoms with Crippen LogP contribution < -0.4 is 5.32 Å². The molecule has 4 nitrogen and oxygen atoms in total. The highest BCUT2D eigenvalue weighted by Gasteiger charge is 2.20. The summed E-state index contributed by atoms with van der Waals surface area (Å²) < 4.78 is 10.4. The molecule has 0 saturated heterocycles. The highest BCUT2D eigenvalue weighted by atomic mass is 16.5. The van der Waals surface area contributed by atoms with Crippen LogP contribution in [-0.4, -0.2) is 50.7 Å². The Balaban J connectivity index is 3.41. The summed E-state index contributed by atoms with van der Waals surface area (Å²) in [5.74, 6) is 0. The number of aliphatic hydroxyl groups is 1. The van der Waals surface area contributed by atoms with Crippen molar-refractivity contribution in [2.24, 2.45) is 0 Å². The molecule has 0 aromatic carbocycles. The molecule has 1 unspecified atom stereocenters. The number of methoxy groups -OCH3 is 1. The summed E-state index contributed by atoms with van der Waals surface area (Å²) in [6, 6.07) is 0. The molecule has 0 bridgehead atoms. The molecule has 0 radical (unpaired) electrons. The molecule has 0 spiro atoms. The SMILES string of the molecule is CCNC(C)(CO)CCCOCCCOC. The van der Waals surface area contributed by atoms with Crippen molar-refractivity contribution in [3.05, 3.63) is 0 Å². The predicted molar refractivity (Wildman–Crippen MR) is 65.7 cm³/mol. The lowest BCUT2D eigenvalue weighted by Gasteiger charge is -2.28. The first kappa shape index (κ1) is 15.8. The van der Waals surface area contributed by atoms with Gasteiger partial charge in [-0.3, -0.25) is 0 Å². The van der Waals surface area contributed by atoms with Gasteiger partial charge in [-0.25, -0.2) is 0 Å². The van der Waals surface area contributed by atoms with Gasteiger partial charge in [0.15, 0.2) is 0 Å². The van der Waals surface area contributed by atoms with Crippen LogP contribution in [0.3, 0.4) is 0 Å². The van der Waals surface area contributed by atoms with Crippen molar-refractivity contribution < 1.29 is 14.6 Å². The van der Waals surface area contributed by atoms with E-state index in [9.17, 15) is 5.11 Å². The molecule has 16 heavy (non-hydrogen) atoms. The summed E-state index contributed by atoms with van der Waals surface area (Å²) >= 11 is 0. The molecular weight excluding hydrogens is 206 g/mol. The fourth-order valence-electron chi connectivity index (χ4n) is 1.62. The molecule has 98 valence electrons. The van der Waals surface area contributed by atoms with E-state index in [1.165, 1.54) is 0 Å². The first-order chi connectivity index (χ1) is 7.68. The smallest absolute Gasteiger partial charge is 0.0610 e. The lowest BCUT2D eigenvalue weighted by atomic mass is 9.97. The van der Waals surface area contributed by atoms with Crippen molar-refractivity contribution in [1.82, 2.24) is 5.32 Å². The number of aliphatic hydroxyl groups excluding tert-OH is 1. The van der Waals surface area contributed by atoms with Crippen LogP contribution in [0, 0.1) is 0 Å². The minimum Gasteiger partial charge on any atom is -0.394 e. The summed E-state index contributed by atoms with van der Waals surface area (Å²) in [5, 5.41) is 12.6. The number of rotatable bonds is 11. The Morgan fingerprint density at radius 1 is 1.19 bits per heavy atom. The van der Waals surface area contributed by atoms with Crippen LogP contribution in [0.4, 0.5) is 0 Å². The van der Waals surface area contributed by atoms with Gasteiger partial charge in [-0.05, 0) is 32.7 Å². The van der Waals surface area contributed by atoms with Crippen LogP contribution in [0.2, 0.25) is 0 Å². The normalized spacial score (nSPS) is 15.0. The fourth-order valence-corrected chi connectivity index (χ4v) is 1.62. The van der Waals surface area contributed by atoms with Gasteiger partial charge in [-0.1, -0.05) is 6.92 Å². The van der Waals surface area contributed by atoms with Crippen LogP contribution in [0.1, 0.15) is 33.1 Å². The van der Waals surface area contributed by atoms with Gasteiger partial charge in [0, 0.05) is 32.5 Å². The second kappa shape index (κ2) is 10.0. The monoisotopic (exact) mass is 233 g/mol. The average Bonchev–Trinajstić information content (AvgIpc) is 2.28. The Bertz CT molecular complexity index is 155. The maximum atomic E-state index is 9.27. The van der Waals surface area contributed by atoms with Crippen LogP contribution in [0.5, 0.6) is 0 Å². The number of likely N-dealkylation sites (N-methyl/N-ethyl adjacent to an activating group) is 1. The quantitative estimate of drug-likeness (QED) is 0.526. The molecule has 0 aliphatic carbocycles. The van der Waals surface area contributed by atoms with Crippen LogP contribution in [0.15, 0.2) is 0 Å². The molecule has 0 heterocycles. The molecule has 0 saturated carbocycles. The molecule has 4 heteroatoms. The summed E-state index contributed by atoms with van der Waals surface area (Å²) in [6.45, 7) is 7.41. The van der Waals surface area contributed by atoms with Gasteiger partial charge in [0.1, 0.15) is 0 Å². The third-order valence-corrected chi connectivity index (χ3v) is 2.61. The molecule has 0 aromatic rings. The molecule has 2 N–H and O–H groups in total. The van der Waals surface area contributed by atoms with Crippen molar-refractivity contribution in [2.75, 3.05) is 40.1 Å². The summed E-state index contributed by atoms with van der Waals surface area (Å²) in [7, 11) is 1.70. The molecular formula is C12H27NO3. The first-order valence-electron chi connectivity index (χ1n) is 6.11. The van der Waals surface area contributed by atoms with E-state index in [0.717, 1.165) is 45.6 Å². The van der Waals surface area contributed by atoms with Crippen LogP contribution in [-0.2, 0) is 9.47 Å². The van der Waals surface area contributed by atoms with E-state index in [-0.39, 0.29) is 12.1 Å². The third-order valence-electron chi connectivity index (χ3n) is 2.61. The zero-order valence-electron chi connectivity index (χ0n) is 10.9.